The minimum absolute atomic E-state index is 0.0787. The van der Waals surface area contributed by atoms with Crippen molar-refractivity contribution in [3.8, 4) is 11.5 Å². The summed E-state index contributed by atoms with van der Waals surface area (Å²) in [7, 11) is 0. The van der Waals surface area contributed by atoms with E-state index >= 15 is 0 Å². The minimum Gasteiger partial charge on any atom is -0.455 e. The van der Waals surface area contributed by atoms with E-state index in [9.17, 15) is 18.0 Å². The van der Waals surface area contributed by atoms with E-state index in [2.05, 4.69) is 0 Å². The average Bonchev–Trinajstić information content (AvgIpc) is 3.46. The van der Waals surface area contributed by atoms with Gasteiger partial charge in [-0.1, -0.05) is 6.07 Å². The second kappa shape index (κ2) is 9.40. The van der Waals surface area contributed by atoms with E-state index in [1.54, 1.807) is 11.0 Å². The number of piperidine rings is 1. The van der Waals surface area contributed by atoms with Gasteiger partial charge in [0.2, 0.25) is 0 Å². The van der Waals surface area contributed by atoms with Gasteiger partial charge >= 0.3 is 6.09 Å². The molecule has 0 N–H and O–H groups in total. The van der Waals surface area contributed by atoms with Crippen molar-refractivity contribution < 1.29 is 36.9 Å². The quantitative estimate of drug-likeness (QED) is 0.535. The van der Waals surface area contributed by atoms with Gasteiger partial charge in [-0.3, -0.25) is 0 Å². The Bertz CT molecular complexity index is 1180. The van der Waals surface area contributed by atoms with Crippen LogP contribution in [0.15, 0.2) is 36.4 Å². The summed E-state index contributed by atoms with van der Waals surface area (Å²) in [5.41, 5.74) is -0.781. The van der Waals surface area contributed by atoms with Gasteiger partial charge < -0.3 is 28.7 Å². The minimum atomic E-state index is -1.06. The number of carbonyl (C=O) groups excluding carboxylic acids is 1. The molecule has 0 bridgehead atoms. The topological polar surface area (TPSA) is 60.5 Å². The van der Waals surface area contributed by atoms with Crippen molar-refractivity contribution in [3.05, 3.63) is 53.8 Å². The summed E-state index contributed by atoms with van der Waals surface area (Å²) in [6, 6.07) is 7.55. The number of fused-ring (bicyclic) bond motifs is 1. The molecule has 10 heteroatoms. The fraction of sp³-hybridized carbons (Fsp3) is 0.519. The number of halogens is 3. The smallest absolute Gasteiger partial charge is 0.410 e. The van der Waals surface area contributed by atoms with Crippen molar-refractivity contribution in [2.45, 2.75) is 45.0 Å². The molecule has 1 atom stereocenters. The van der Waals surface area contributed by atoms with Gasteiger partial charge in [-0.05, 0) is 45.7 Å². The summed E-state index contributed by atoms with van der Waals surface area (Å²) >= 11 is 0. The predicted octanol–water partition coefficient (Wildman–Crippen LogP) is 5.48. The first-order valence-electron chi connectivity index (χ1n) is 12.4. The summed E-state index contributed by atoms with van der Waals surface area (Å²) in [5.74, 6) is -3.37. The number of nitrogens with zero attached hydrogens (tertiary/aromatic N) is 2. The van der Waals surface area contributed by atoms with Crippen LogP contribution in [0.5, 0.6) is 11.5 Å². The molecule has 5 rings (SSSR count). The number of anilines is 1. The third-order valence-electron chi connectivity index (χ3n) is 7.19. The van der Waals surface area contributed by atoms with Gasteiger partial charge in [0, 0.05) is 43.2 Å². The fourth-order valence-electron chi connectivity index (χ4n) is 5.47. The Labute approximate surface area is 214 Å². The number of amides is 1. The van der Waals surface area contributed by atoms with Crippen LogP contribution in [-0.2, 0) is 14.2 Å². The molecule has 3 saturated heterocycles. The lowest BCUT2D eigenvalue weighted by Crippen LogP contribution is -2.63. The van der Waals surface area contributed by atoms with E-state index in [-0.39, 0.29) is 18.0 Å². The first kappa shape index (κ1) is 25.7. The maximum atomic E-state index is 14.4. The van der Waals surface area contributed by atoms with Gasteiger partial charge in [-0.25, -0.2) is 18.0 Å². The molecule has 3 aliphatic rings. The van der Waals surface area contributed by atoms with E-state index in [1.807, 2.05) is 25.7 Å². The molecular weight excluding hydrogens is 489 g/mol. The lowest BCUT2D eigenvalue weighted by atomic mass is 9.72. The first-order valence-corrected chi connectivity index (χ1v) is 12.4. The van der Waals surface area contributed by atoms with Crippen molar-refractivity contribution in [3.63, 3.8) is 0 Å². The van der Waals surface area contributed by atoms with Gasteiger partial charge in [0.25, 0.3) is 0 Å². The van der Waals surface area contributed by atoms with Crippen molar-refractivity contribution >= 4 is 11.8 Å². The molecule has 200 valence electrons. The number of hydrogen-bond donors (Lipinski definition) is 0. The Balaban J connectivity index is 1.42. The van der Waals surface area contributed by atoms with Crippen LogP contribution in [0.25, 0.3) is 0 Å². The number of hydrogen-bond acceptors (Lipinski definition) is 6. The SMILES string of the molecule is CC(C)(C)OC(=O)N1CCC2(CCN(c3cc(F)c(F)cc3Oc3cccc(F)c3)C2)C2(C1)OCCO2. The molecule has 3 aliphatic heterocycles. The molecule has 0 aliphatic carbocycles. The second-order valence-corrected chi connectivity index (χ2v) is 10.8. The molecule has 3 fully saturated rings. The number of ether oxygens (including phenoxy) is 4. The number of rotatable bonds is 3. The van der Waals surface area contributed by atoms with Crippen molar-refractivity contribution in [2.75, 3.05) is 44.3 Å². The number of likely N-dealkylation sites (tertiary alicyclic amines) is 1. The molecule has 2 spiro atoms. The number of benzene rings is 2. The standard InChI is InChI=1S/C27H31F3N2O5/c1-25(2,3)37-24(33)32-10-8-26(27(17-32)34-11-12-35-27)7-9-31(16-26)22-14-20(29)21(30)15-23(22)36-19-6-4-5-18(28)13-19/h4-6,13-15H,7-12,16-17H2,1-3H3. The zero-order valence-corrected chi connectivity index (χ0v) is 21.2. The van der Waals surface area contributed by atoms with Gasteiger partial charge in [0.1, 0.15) is 17.2 Å². The zero-order valence-electron chi connectivity index (χ0n) is 21.2. The lowest BCUT2D eigenvalue weighted by Gasteiger charge is -2.51. The third kappa shape index (κ3) is 4.96. The number of carbonyl (C=O) groups is 1. The zero-order chi connectivity index (χ0) is 26.4. The first-order chi connectivity index (χ1) is 17.5. The van der Waals surface area contributed by atoms with Crippen LogP contribution in [0.2, 0.25) is 0 Å². The summed E-state index contributed by atoms with van der Waals surface area (Å²) in [5, 5.41) is 0. The van der Waals surface area contributed by atoms with Gasteiger partial charge in [0.15, 0.2) is 23.2 Å². The monoisotopic (exact) mass is 520 g/mol. The van der Waals surface area contributed by atoms with E-state index in [0.717, 1.165) is 12.1 Å². The highest BCUT2D eigenvalue weighted by atomic mass is 19.2. The Kier molecular flexibility index (Phi) is 6.52. The predicted molar refractivity (Wildman–Crippen MR) is 129 cm³/mol. The molecular formula is C27H31F3N2O5. The Morgan fingerprint density at radius 3 is 2.38 bits per heavy atom. The molecule has 7 nitrogen and oxygen atoms in total. The van der Waals surface area contributed by atoms with Crippen LogP contribution in [0.1, 0.15) is 33.6 Å². The average molecular weight is 521 g/mol. The van der Waals surface area contributed by atoms with Crippen LogP contribution in [0.4, 0.5) is 23.7 Å². The van der Waals surface area contributed by atoms with Crippen LogP contribution in [0.3, 0.4) is 0 Å². The van der Waals surface area contributed by atoms with Crippen LogP contribution < -0.4 is 9.64 Å². The highest BCUT2D eigenvalue weighted by molar-refractivity contribution is 5.68. The van der Waals surface area contributed by atoms with Crippen molar-refractivity contribution in [1.82, 2.24) is 4.90 Å². The normalized spacial score (nSPS) is 23.2. The van der Waals surface area contributed by atoms with Gasteiger partial charge in [-0.2, -0.15) is 0 Å². The highest BCUT2D eigenvalue weighted by Gasteiger charge is 2.62. The molecule has 1 amide bonds. The Morgan fingerprint density at radius 1 is 0.973 bits per heavy atom. The Hall–Kier alpha value is -2.98. The molecule has 0 saturated carbocycles. The molecule has 3 heterocycles. The molecule has 2 aromatic carbocycles. The Morgan fingerprint density at radius 2 is 1.68 bits per heavy atom. The molecule has 1 unspecified atom stereocenters. The molecule has 0 aromatic heterocycles. The van der Waals surface area contributed by atoms with E-state index in [4.69, 9.17) is 18.9 Å². The molecule has 37 heavy (non-hydrogen) atoms. The van der Waals surface area contributed by atoms with Crippen LogP contribution >= 0.6 is 0 Å². The van der Waals surface area contributed by atoms with Crippen molar-refractivity contribution in [2.24, 2.45) is 5.41 Å². The highest BCUT2D eigenvalue weighted by Crippen LogP contribution is 2.53. The largest absolute Gasteiger partial charge is 0.455 e. The maximum absolute atomic E-state index is 14.4. The summed E-state index contributed by atoms with van der Waals surface area (Å²) < 4.78 is 66.1. The molecule has 2 aromatic rings. The van der Waals surface area contributed by atoms with Crippen molar-refractivity contribution in [1.29, 1.82) is 0 Å². The van der Waals surface area contributed by atoms with E-state index in [1.165, 1.54) is 18.2 Å². The maximum Gasteiger partial charge on any atom is 0.410 e. The summed E-state index contributed by atoms with van der Waals surface area (Å²) in [6.07, 6.45) is 0.794. The van der Waals surface area contributed by atoms with Gasteiger partial charge in [-0.15, -0.1) is 0 Å². The van der Waals surface area contributed by atoms with Gasteiger partial charge in [0.05, 0.1) is 25.4 Å². The van der Waals surface area contributed by atoms with E-state index < -0.39 is 40.3 Å². The lowest BCUT2D eigenvalue weighted by molar-refractivity contribution is -0.256. The fourth-order valence-corrected chi connectivity index (χ4v) is 5.47. The molecule has 0 radical (unpaired) electrons. The van der Waals surface area contributed by atoms with E-state index in [0.29, 0.717) is 51.4 Å². The third-order valence-corrected chi connectivity index (χ3v) is 7.19. The van der Waals surface area contributed by atoms with Crippen LogP contribution in [-0.4, -0.2) is 61.8 Å². The summed E-state index contributed by atoms with van der Waals surface area (Å²) in [6.45, 7) is 7.80. The van der Waals surface area contributed by atoms with Crippen LogP contribution in [0, 0.1) is 22.9 Å². The summed E-state index contributed by atoms with van der Waals surface area (Å²) in [4.78, 5) is 16.3. The second-order valence-electron chi connectivity index (χ2n) is 10.8.